The number of halogens is 3. The first-order valence-corrected chi connectivity index (χ1v) is 10.9. The minimum Gasteiger partial charge on any atom is -0.345 e. The van der Waals surface area contributed by atoms with Gasteiger partial charge >= 0.3 is 6.18 Å². The van der Waals surface area contributed by atoms with Gasteiger partial charge in [0.15, 0.2) is 0 Å². The monoisotopic (exact) mass is 447 g/mol. The van der Waals surface area contributed by atoms with Gasteiger partial charge in [0.2, 0.25) is 10.0 Å². The van der Waals surface area contributed by atoms with Gasteiger partial charge in [0.25, 0.3) is 5.91 Å². The van der Waals surface area contributed by atoms with Crippen LogP contribution in [0.2, 0.25) is 0 Å². The molecule has 1 amide bonds. The quantitative estimate of drug-likeness (QED) is 0.680. The summed E-state index contributed by atoms with van der Waals surface area (Å²) in [5, 5.41) is 0. The lowest BCUT2D eigenvalue weighted by molar-refractivity contribution is -0.141. The number of sulfonamides is 1. The molecule has 0 spiro atoms. The van der Waals surface area contributed by atoms with Gasteiger partial charge in [0.1, 0.15) is 23.0 Å². The van der Waals surface area contributed by atoms with E-state index in [2.05, 4.69) is 4.98 Å². The lowest BCUT2D eigenvalue weighted by atomic mass is 10.2. The Bertz CT molecular complexity index is 1010. The third kappa shape index (κ3) is 4.86. The average Bonchev–Trinajstić information content (AvgIpc) is 3.27. The molecule has 0 bridgehead atoms. The van der Waals surface area contributed by atoms with Crippen LogP contribution in [-0.4, -0.2) is 64.0 Å². The van der Waals surface area contributed by atoms with Crippen molar-refractivity contribution in [2.45, 2.75) is 43.4 Å². The number of hydrogen-bond acceptors (Lipinski definition) is 4. The predicted octanol–water partition coefficient (Wildman–Crippen LogP) is 2.23. The number of nitrogens with zero attached hydrogens (tertiary/aromatic N) is 5. The number of carbonyl (C=O) groups excluding carboxylic acids is 1. The van der Waals surface area contributed by atoms with E-state index >= 15 is 0 Å². The van der Waals surface area contributed by atoms with E-state index in [4.69, 9.17) is 0 Å². The Morgan fingerprint density at radius 2 is 1.90 bits per heavy atom. The van der Waals surface area contributed by atoms with Crippen molar-refractivity contribution in [3.63, 3.8) is 0 Å². The van der Waals surface area contributed by atoms with Crippen LogP contribution in [0, 0.1) is 0 Å². The highest BCUT2D eigenvalue weighted by atomic mass is 32.2. The van der Waals surface area contributed by atoms with Gasteiger partial charge in [-0.15, -0.1) is 0 Å². The highest BCUT2D eigenvalue weighted by molar-refractivity contribution is 7.89. The maximum Gasteiger partial charge on any atom is 0.406 e. The molecule has 2 aromatic heterocycles. The molecule has 0 N–H and O–H groups in total. The zero-order valence-electron chi connectivity index (χ0n) is 16.8. The number of alkyl halides is 3. The molecule has 12 heteroatoms. The van der Waals surface area contributed by atoms with Crippen molar-refractivity contribution in [2.75, 3.05) is 20.1 Å². The Morgan fingerprint density at radius 3 is 2.53 bits per heavy atom. The van der Waals surface area contributed by atoms with Crippen LogP contribution in [0.15, 0.2) is 29.6 Å². The average molecular weight is 447 g/mol. The predicted molar refractivity (Wildman–Crippen MR) is 102 cm³/mol. The topological polar surface area (TPSA) is 80.4 Å². The van der Waals surface area contributed by atoms with Gasteiger partial charge in [0, 0.05) is 45.8 Å². The maximum atomic E-state index is 12.8. The van der Waals surface area contributed by atoms with E-state index < -0.39 is 28.7 Å². The molecule has 8 nitrogen and oxygen atoms in total. The second kappa shape index (κ2) is 8.42. The van der Waals surface area contributed by atoms with E-state index in [1.807, 2.05) is 0 Å². The molecule has 3 rings (SSSR count). The van der Waals surface area contributed by atoms with E-state index in [1.54, 1.807) is 7.05 Å². The van der Waals surface area contributed by atoms with Gasteiger partial charge in [-0.2, -0.15) is 17.5 Å². The van der Waals surface area contributed by atoms with Crippen LogP contribution in [0.5, 0.6) is 0 Å². The fourth-order valence-electron chi connectivity index (χ4n) is 3.45. The van der Waals surface area contributed by atoms with Crippen LogP contribution in [-0.2, 0) is 30.2 Å². The standard InChI is InChI=1S/C18H24F3N5O3S/c1-23-11-14(30(28,29)26-7-4-3-5-8-26)10-15(23)17(27)24(2)12-16-22-6-9-25(16)13-18(19,20)21/h6,9-11H,3-5,7-8,12-13H2,1-2H3. The lowest BCUT2D eigenvalue weighted by Gasteiger charge is -2.25. The van der Waals surface area contributed by atoms with Crippen molar-refractivity contribution < 1.29 is 26.4 Å². The molecular weight excluding hydrogens is 423 g/mol. The lowest BCUT2D eigenvalue weighted by Crippen LogP contribution is -2.35. The van der Waals surface area contributed by atoms with Gasteiger partial charge in [-0.3, -0.25) is 4.79 Å². The smallest absolute Gasteiger partial charge is 0.345 e. The van der Waals surface area contributed by atoms with E-state index in [1.165, 1.54) is 45.5 Å². The Labute approximate surface area is 172 Å². The van der Waals surface area contributed by atoms with Crippen LogP contribution < -0.4 is 0 Å². The van der Waals surface area contributed by atoms with E-state index in [-0.39, 0.29) is 23.0 Å². The molecular formula is C18H24F3N5O3S. The van der Waals surface area contributed by atoms with Crippen LogP contribution in [0.1, 0.15) is 35.6 Å². The molecule has 2 aromatic rings. The van der Waals surface area contributed by atoms with Gasteiger partial charge in [-0.1, -0.05) is 6.42 Å². The molecule has 0 radical (unpaired) electrons. The molecule has 166 valence electrons. The summed E-state index contributed by atoms with van der Waals surface area (Å²) in [4.78, 5) is 18.0. The molecule has 0 aliphatic carbocycles. The van der Waals surface area contributed by atoms with E-state index in [0.29, 0.717) is 13.1 Å². The van der Waals surface area contributed by atoms with Crippen molar-refractivity contribution in [3.8, 4) is 0 Å². The number of rotatable bonds is 6. The summed E-state index contributed by atoms with van der Waals surface area (Å²) >= 11 is 0. The molecule has 3 heterocycles. The highest BCUT2D eigenvalue weighted by Crippen LogP contribution is 2.23. The number of imidazole rings is 1. The molecule has 1 aliphatic rings. The molecule has 0 atom stereocenters. The summed E-state index contributed by atoms with van der Waals surface area (Å²) in [6, 6.07) is 1.31. The fourth-order valence-corrected chi connectivity index (χ4v) is 5.04. The summed E-state index contributed by atoms with van der Waals surface area (Å²) in [6.07, 6.45) is 2.00. The summed E-state index contributed by atoms with van der Waals surface area (Å²) in [5.41, 5.74) is 0.127. The first kappa shape index (κ1) is 22.3. The summed E-state index contributed by atoms with van der Waals surface area (Å²) < 4.78 is 67.5. The van der Waals surface area contributed by atoms with Crippen LogP contribution in [0.25, 0.3) is 0 Å². The molecule has 1 aliphatic heterocycles. The highest BCUT2D eigenvalue weighted by Gasteiger charge is 2.31. The molecule has 0 unspecified atom stereocenters. The zero-order valence-corrected chi connectivity index (χ0v) is 17.6. The van der Waals surface area contributed by atoms with Gasteiger partial charge in [-0.25, -0.2) is 13.4 Å². The Balaban J connectivity index is 1.77. The fraction of sp³-hybridized carbons (Fsp3) is 0.556. The maximum absolute atomic E-state index is 12.8. The van der Waals surface area contributed by atoms with Crippen molar-refractivity contribution in [2.24, 2.45) is 7.05 Å². The SMILES string of the molecule is CN(Cc1nccn1CC(F)(F)F)C(=O)c1cc(S(=O)(=O)N2CCCCC2)cn1C. The molecule has 30 heavy (non-hydrogen) atoms. The number of aryl methyl sites for hydroxylation is 1. The number of carbonyl (C=O) groups is 1. The van der Waals surface area contributed by atoms with Crippen LogP contribution >= 0.6 is 0 Å². The third-order valence-corrected chi connectivity index (χ3v) is 6.89. The molecule has 0 saturated carbocycles. The van der Waals surface area contributed by atoms with Crippen molar-refractivity contribution in [1.29, 1.82) is 0 Å². The van der Waals surface area contributed by atoms with Crippen molar-refractivity contribution in [1.82, 2.24) is 23.3 Å². The summed E-state index contributed by atoms with van der Waals surface area (Å²) in [5.74, 6) is -0.433. The van der Waals surface area contributed by atoms with Gasteiger partial charge in [0.05, 0.1) is 6.54 Å². The molecule has 0 aromatic carbocycles. The van der Waals surface area contributed by atoms with E-state index in [9.17, 15) is 26.4 Å². The largest absolute Gasteiger partial charge is 0.406 e. The van der Waals surface area contributed by atoms with Crippen molar-refractivity contribution >= 4 is 15.9 Å². The Kier molecular flexibility index (Phi) is 6.27. The van der Waals surface area contributed by atoms with Crippen molar-refractivity contribution in [3.05, 3.63) is 36.2 Å². The summed E-state index contributed by atoms with van der Waals surface area (Å²) in [6.45, 7) is -0.460. The van der Waals surface area contributed by atoms with Gasteiger partial charge < -0.3 is 14.0 Å². The Hall–Kier alpha value is -2.34. The second-order valence-corrected chi connectivity index (χ2v) is 9.32. The van der Waals surface area contributed by atoms with Crippen LogP contribution in [0.4, 0.5) is 13.2 Å². The molecule has 1 saturated heterocycles. The van der Waals surface area contributed by atoms with E-state index in [0.717, 1.165) is 23.8 Å². The zero-order chi connectivity index (χ0) is 22.1. The number of hydrogen-bond donors (Lipinski definition) is 0. The summed E-state index contributed by atoms with van der Waals surface area (Å²) in [7, 11) is -0.712. The number of amides is 1. The number of aromatic nitrogens is 3. The first-order valence-electron chi connectivity index (χ1n) is 9.48. The minimum atomic E-state index is -4.41. The minimum absolute atomic E-state index is 0.0298. The normalized spacial score (nSPS) is 16.0. The molecule has 1 fully saturated rings. The second-order valence-electron chi connectivity index (χ2n) is 7.38. The van der Waals surface area contributed by atoms with Gasteiger partial charge in [-0.05, 0) is 18.9 Å². The Morgan fingerprint density at radius 1 is 1.23 bits per heavy atom. The van der Waals surface area contributed by atoms with Crippen LogP contribution in [0.3, 0.4) is 0 Å². The third-order valence-electron chi connectivity index (χ3n) is 5.03. The number of piperidine rings is 1. The first-order chi connectivity index (χ1) is 14.0.